The molecule has 0 aromatic rings. The van der Waals surface area contributed by atoms with E-state index >= 15 is 0 Å². The summed E-state index contributed by atoms with van der Waals surface area (Å²) >= 11 is 0. The summed E-state index contributed by atoms with van der Waals surface area (Å²) in [5, 5.41) is 9.44. The van der Waals surface area contributed by atoms with Crippen LogP contribution in [0, 0.1) is 0 Å². The van der Waals surface area contributed by atoms with E-state index in [1.165, 1.54) is 0 Å². The lowest BCUT2D eigenvalue weighted by molar-refractivity contribution is -0.133. The number of nitrogens with zero attached hydrogens (tertiary/aromatic N) is 1. The fraction of sp³-hybridized carbons (Fsp3) is 0.905. The van der Waals surface area contributed by atoms with E-state index in [0.717, 1.165) is 37.6 Å². The number of rotatable bonds is 19. The molecule has 2 atom stereocenters. The predicted octanol–water partition coefficient (Wildman–Crippen LogP) is 2.94. The lowest BCUT2D eigenvalue weighted by atomic mass is 10.1. The van der Waals surface area contributed by atoms with Gasteiger partial charge in [0.05, 0.1) is 38.6 Å². The maximum absolute atomic E-state index is 12.4. The molecule has 0 unspecified atom stereocenters. The molecule has 1 heterocycles. The number of aliphatic hydroxyl groups is 1. The molecule has 9 heteroatoms. The van der Waals surface area contributed by atoms with E-state index < -0.39 is 0 Å². The molecule has 0 saturated carbocycles. The highest BCUT2D eigenvalue weighted by molar-refractivity contribution is 8.76. The number of methoxy groups -OCH3 is 1. The molecule has 1 rings (SSSR count). The minimum atomic E-state index is -0.138. The Kier molecular flexibility index (Phi) is 16.9. The third kappa shape index (κ3) is 12.5. The van der Waals surface area contributed by atoms with Crippen LogP contribution in [0.25, 0.3) is 0 Å². The zero-order valence-corrected chi connectivity index (χ0v) is 20.1. The van der Waals surface area contributed by atoms with Crippen LogP contribution in [0.5, 0.6) is 0 Å². The minimum absolute atomic E-state index is 0.0108. The van der Waals surface area contributed by atoms with E-state index in [1.807, 2.05) is 6.92 Å². The van der Waals surface area contributed by atoms with Crippen molar-refractivity contribution >= 4 is 33.3 Å². The average molecular weight is 466 g/mol. The predicted molar refractivity (Wildman–Crippen MR) is 123 cm³/mol. The van der Waals surface area contributed by atoms with Crippen LogP contribution in [-0.4, -0.2) is 92.0 Å². The SMILES string of the molecule is CCOCCOCCSSCCCC(=O)CCCCC(=O)N1C[C@@H](OC)C[C@@H]1CO. The van der Waals surface area contributed by atoms with Crippen molar-refractivity contribution in [2.75, 3.05) is 58.2 Å². The number of hydrogen-bond donors (Lipinski definition) is 1. The molecule has 0 aromatic heterocycles. The fourth-order valence-corrected chi connectivity index (χ4v) is 5.24. The molecule has 1 amide bonds. The van der Waals surface area contributed by atoms with Crippen molar-refractivity contribution in [1.29, 1.82) is 0 Å². The van der Waals surface area contributed by atoms with Crippen LogP contribution in [0.15, 0.2) is 0 Å². The number of carbonyl (C=O) groups is 2. The van der Waals surface area contributed by atoms with Crippen molar-refractivity contribution in [3.8, 4) is 0 Å². The molecule has 1 aliphatic rings. The lowest BCUT2D eigenvalue weighted by Crippen LogP contribution is -2.37. The maximum Gasteiger partial charge on any atom is 0.222 e. The van der Waals surface area contributed by atoms with Gasteiger partial charge in [-0.25, -0.2) is 0 Å². The first-order chi connectivity index (χ1) is 14.6. The lowest BCUT2D eigenvalue weighted by Gasteiger charge is -2.22. The monoisotopic (exact) mass is 465 g/mol. The molecule has 7 nitrogen and oxygen atoms in total. The minimum Gasteiger partial charge on any atom is -0.394 e. The number of ether oxygens (including phenoxy) is 3. The third-order valence-corrected chi connectivity index (χ3v) is 7.45. The molecule has 0 aromatic carbocycles. The van der Waals surface area contributed by atoms with Gasteiger partial charge in [0.1, 0.15) is 5.78 Å². The molecule has 1 N–H and O–H groups in total. The fourth-order valence-electron chi connectivity index (χ4n) is 3.29. The normalized spacial score (nSPS) is 18.8. The molecule has 0 bridgehead atoms. The average Bonchev–Trinajstić information content (AvgIpc) is 3.18. The van der Waals surface area contributed by atoms with Crippen molar-refractivity contribution in [3.63, 3.8) is 0 Å². The van der Waals surface area contributed by atoms with Gasteiger partial charge in [0, 0.05) is 51.0 Å². The van der Waals surface area contributed by atoms with Crippen LogP contribution < -0.4 is 0 Å². The van der Waals surface area contributed by atoms with Crippen LogP contribution in [0.4, 0.5) is 0 Å². The summed E-state index contributed by atoms with van der Waals surface area (Å²) in [5.41, 5.74) is 0. The van der Waals surface area contributed by atoms with Gasteiger partial charge in [0.25, 0.3) is 0 Å². The van der Waals surface area contributed by atoms with Gasteiger partial charge in [-0.05, 0) is 32.6 Å². The van der Waals surface area contributed by atoms with E-state index in [-0.39, 0.29) is 30.4 Å². The zero-order valence-electron chi connectivity index (χ0n) is 18.5. The molecule has 1 saturated heterocycles. The van der Waals surface area contributed by atoms with E-state index in [9.17, 15) is 14.7 Å². The summed E-state index contributed by atoms with van der Waals surface area (Å²) < 4.78 is 16.0. The summed E-state index contributed by atoms with van der Waals surface area (Å²) in [6.45, 7) is 5.25. The van der Waals surface area contributed by atoms with Crippen molar-refractivity contribution in [1.82, 2.24) is 4.90 Å². The highest BCUT2D eigenvalue weighted by atomic mass is 33.1. The highest BCUT2D eigenvalue weighted by Crippen LogP contribution is 2.23. The molecular formula is C21H39NO6S2. The Hall–Kier alpha value is -0.320. The van der Waals surface area contributed by atoms with Crippen LogP contribution in [-0.2, 0) is 23.8 Å². The van der Waals surface area contributed by atoms with Crippen molar-refractivity contribution in [3.05, 3.63) is 0 Å². The van der Waals surface area contributed by atoms with E-state index in [1.54, 1.807) is 33.6 Å². The van der Waals surface area contributed by atoms with Gasteiger partial charge >= 0.3 is 0 Å². The van der Waals surface area contributed by atoms with Crippen molar-refractivity contribution in [2.24, 2.45) is 0 Å². The van der Waals surface area contributed by atoms with Gasteiger partial charge in [-0.15, -0.1) is 0 Å². The molecular weight excluding hydrogens is 426 g/mol. The number of aliphatic hydroxyl groups excluding tert-OH is 1. The van der Waals surface area contributed by atoms with E-state index in [4.69, 9.17) is 14.2 Å². The smallest absolute Gasteiger partial charge is 0.222 e. The molecule has 0 aliphatic carbocycles. The summed E-state index contributed by atoms with van der Waals surface area (Å²) in [6.07, 6.45) is 4.64. The number of likely N-dealkylation sites (tertiary alicyclic amines) is 1. The highest BCUT2D eigenvalue weighted by Gasteiger charge is 2.34. The quantitative estimate of drug-likeness (QED) is 0.230. The molecule has 0 spiro atoms. The third-order valence-electron chi connectivity index (χ3n) is 4.99. The van der Waals surface area contributed by atoms with Gasteiger partial charge < -0.3 is 24.2 Å². The van der Waals surface area contributed by atoms with Crippen LogP contribution in [0.3, 0.4) is 0 Å². The standard InChI is InChI=1S/C21H39NO6S2/c1-3-27-10-11-28-12-14-30-29-13-6-8-19(24)7-4-5-9-21(25)22-16-20(26-2)15-18(22)17-23/h18,20,23H,3-17H2,1-2H3/t18-,20+/m1/s1. The summed E-state index contributed by atoms with van der Waals surface area (Å²) in [4.78, 5) is 26.1. The molecule has 176 valence electrons. The number of hydrogen-bond acceptors (Lipinski definition) is 8. The van der Waals surface area contributed by atoms with E-state index in [0.29, 0.717) is 51.9 Å². The number of Topliss-reactive ketones (excluding diaryl/α,β-unsaturated/α-hetero) is 1. The Bertz CT molecular complexity index is 469. The van der Waals surface area contributed by atoms with Crippen molar-refractivity contribution < 1.29 is 28.9 Å². The first-order valence-corrected chi connectivity index (χ1v) is 13.5. The number of carbonyl (C=O) groups excluding carboxylic acids is 2. The summed E-state index contributed by atoms with van der Waals surface area (Å²) in [6, 6.07) is -0.138. The van der Waals surface area contributed by atoms with Gasteiger partial charge in [0.2, 0.25) is 5.91 Å². The first-order valence-electron chi connectivity index (χ1n) is 11.0. The van der Waals surface area contributed by atoms with E-state index in [2.05, 4.69) is 0 Å². The summed E-state index contributed by atoms with van der Waals surface area (Å²) in [5.74, 6) is 2.24. The van der Waals surface area contributed by atoms with Crippen LogP contribution in [0.2, 0.25) is 0 Å². The topological polar surface area (TPSA) is 85.3 Å². The Labute approximate surface area is 189 Å². The Morgan fingerprint density at radius 1 is 1.00 bits per heavy atom. The van der Waals surface area contributed by atoms with Crippen molar-refractivity contribution in [2.45, 2.75) is 64.0 Å². The zero-order chi connectivity index (χ0) is 22.0. The largest absolute Gasteiger partial charge is 0.394 e. The number of unbranched alkanes of at least 4 members (excludes halogenated alkanes) is 1. The second-order valence-electron chi connectivity index (χ2n) is 7.28. The van der Waals surface area contributed by atoms with Crippen LogP contribution in [0.1, 0.15) is 51.9 Å². The van der Waals surface area contributed by atoms with Gasteiger partial charge in [0.15, 0.2) is 0 Å². The summed E-state index contributed by atoms with van der Waals surface area (Å²) in [7, 11) is 5.20. The number of amides is 1. The first kappa shape index (κ1) is 27.7. The maximum atomic E-state index is 12.4. The molecule has 1 aliphatic heterocycles. The molecule has 1 fully saturated rings. The second-order valence-corrected chi connectivity index (χ2v) is 9.98. The van der Waals surface area contributed by atoms with Gasteiger partial charge in [-0.1, -0.05) is 21.6 Å². The molecule has 0 radical (unpaired) electrons. The Morgan fingerprint density at radius 2 is 1.70 bits per heavy atom. The Morgan fingerprint density at radius 3 is 2.43 bits per heavy atom. The van der Waals surface area contributed by atoms with Crippen LogP contribution >= 0.6 is 21.6 Å². The van der Waals surface area contributed by atoms with Gasteiger partial charge in [-0.3, -0.25) is 9.59 Å². The van der Waals surface area contributed by atoms with Gasteiger partial charge in [-0.2, -0.15) is 0 Å². The number of ketones is 1. The second kappa shape index (κ2) is 18.3. The molecule has 30 heavy (non-hydrogen) atoms. The Balaban J connectivity index is 1.94.